The normalized spacial score (nSPS) is 32.0. The second kappa shape index (κ2) is 5.09. The molecule has 4 rings (SSSR count). The predicted octanol–water partition coefficient (Wildman–Crippen LogP) is 1.99. The standard InChI is InChI=1S/C17H19NO4/c19-16(14-12-6-7-13(22-12)15(14)17(20)21)18-11-5-4-9-2-1-3-10(9)8-11/h4-5,8,12-15H,1-3,6-7H2,(H,18,19)(H,20,21)/t12-,13-,14-,15-/m1/s1. The van der Waals surface area contributed by atoms with Crippen molar-refractivity contribution in [2.24, 2.45) is 11.8 Å². The van der Waals surface area contributed by atoms with E-state index in [1.165, 1.54) is 11.1 Å². The number of fused-ring (bicyclic) bond motifs is 3. The topological polar surface area (TPSA) is 75.6 Å². The van der Waals surface area contributed by atoms with Gasteiger partial charge in [-0.25, -0.2) is 0 Å². The fraction of sp³-hybridized carbons (Fsp3) is 0.529. The molecule has 0 radical (unpaired) electrons. The van der Waals surface area contributed by atoms with Crippen molar-refractivity contribution in [1.82, 2.24) is 0 Å². The zero-order valence-corrected chi connectivity index (χ0v) is 12.2. The maximum absolute atomic E-state index is 12.6. The van der Waals surface area contributed by atoms with Gasteiger partial charge in [0.25, 0.3) is 0 Å². The molecule has 2 aliphatic heterocycles. The average Bonchev–Trinajstić information content (AvgIpc) is 3.20. The number of anilines is 1. The monoisotopic (exact) mass is 301 g/mol. The number of carboxylic acid groups (broad SMARTS) is 1. The highest BCUT2D eigenvalue weighted by molar-refractivity contribution is 5.96. The van der Waals surface area contributed by atoms with Crippen molar-refractivity contribution in [2.75, 3.05) is 5.32 Å². The number of nitrogens with one attached hydrogen (secondary N) is 1. The van der Waals surface area contributed by atoms with E-state index in [1.807, 2.05) is 12.1 Å². The van der Waals surface area contributed by atoms with E-state index in [0.29, 0.717) is 0 Å². The van der Waals surface area contributed by atoms with Crippen LogP contribution in [-0.2, 0) is 27.2 Å². The molecule has 1 aromatic carbocycles. The van der Waals surface area contributed by atoms with Crippen LogP contribution in [0.5, 0.6) is 0 Å². The van der Waals surface area contributed by atoms with Gasteiger partial charge in [0.15, 0.2) is 0 Å². The largest absolute Gasteiger partial charge is 0.481 e. The minimum Gasteiger partial charge on any atom is -0.481 e. The Kier molecular flexibility index (Phi) is 3.18. The summed E-state index contributed by atoms with van der Waals surface area (Å²) in [6.45, 7) is 0. The van der Waals surface area contributed by atoms with Crippen molar-refractivity contribution in [1.29, 1.82) is 0 Å². The number of rotatable bonds is 3. The lowest BCUT2D eigenvalue weighted by molar-refractivity contribution is -0.147. The third kappa shape index (κ3) is 2.11. The molecule has 5 nitrogen and oxygen atoms in total. The number of ether oxygens (including phenoxy) is 1. The Hall–Kier alpha value is -1.88. The van der Waals surface area contributed by atoms with E-state index in [4.69, 9.17) is 4.74 Å². The molecule has 0 saturated carbocycles. The summed E-state index contributed by atoms with van der Waals surface area (Å²) in [5, 5.41) is 12.3. The van der Waals surface area contributed by atoms with Crippen LogP contribution in [0.1, 0.15) is 30.4 Å². The third-order valence-corrected chi connectivity index (χ3v) is 5.23. The molecule has 2 heterocycles. The summed E-state index contributed by atoms with van der Waals surface area (Å²) in [5.74, 6) is -2.45. The van der Waals surface area contributed by atoms with Crippen LogP contribution in [0.3, 0.4) is 0 Å². The Morgan fingerprint density at radius 1 is 1.09 bits per heavy atom. The maximum atomic E-state index is 12.6. The Morgan fingerprint density at radius 2 is 1.82 bits per heavy atom. The number of carboxylic acids is 1. The molecule has 2 fully saturated rings. The summed E-state index contributed by atoms with van der Waals surface area (Å²) in [6.07, 6.45) is 4.27. The minimum absolute atomic E-state index is 0.224. The van der Waals surface area contributed by atoms with Gasteiger partial charge in [-0.1, -0.05) is 6.07 Å². The van der Waals surface area contributed by atoms with E-state index in [1.54, 1.807) is 0 Å². The van der Waals surface area contributed by atoms with Crippen LogP contribution < -0.4 is 5.32 Å². The number of aliphatic carboxylic acids is 1. The molecule has 2 bridgehead atoms. The molecule has 1 aliphatic carbocycles. The van der Waals surface area contributed by atoms with Gasteiger partial charge in [-0.3, -0.25) is 9.59 Å². The molecule has 0 spiro atoms. The molecular weight excluding hydrogens is 282 g/mol. The molecule has 2 saturated heterocycles. The molecule has 3 aliphatic rings. The fourth-order valence-electron chi connectivity index (χ4n) is 4.20. The maximum Gasteiger partial charge on any atom is 0.310 e. The number of amides is 1. The Morgan fingerprint density at radius 3 is 2.59 bits per heavy atom. The SMILES string of the molecule is O=C(O)[C@H]1[C@H](C(=O)Nc2ccc3c(c2)CCC3)[C@H]2CC[C@H]1O2. The number of carbonyl (C=O) groups is 2. The van der Waals surface area contributed by atoms with Crippen molar-refractivity contribution in [3.8, 4) is 0 Å². The van der Waals surface area contributed by atoms with Gasteiger partial charge in [0.1, 0.15) is 0 Å². The van der Waals surface area contributed by atoms with E-state index in [2.05, 4.69) is 11.4 Å². The average molecular weight is 301 g/mol. The first-order chi connectivity index (χ1) is 10.6. The van der Waals surface area contributed by atoms with Crippen molar-refractivity contribution in [3.05, 3.63) is 29.3 Å². The summed E-state index contributed by atoms with van der Waals surface area (Å²) < 4.78 is 5.65. The van der Waals surface area contributed by atoms with Crippen LogP contribution in [0.15, 0.2) is 18.2 Å². The minimum atomic E-state index is -0.929. The highest BCUT2D eigenvalue weighted by Gasteiger charge is 2.55. The van der Waals surface area contributed by atoms with Gasteiger partial charge in [0.05, 0.1) is 24.0 Å². The first-order valence-electron chi connectivity index (χ1n) is 7.94. The van der Waals surface area contributed by atoms with E-state index in [-0.39, 0.29) is 18.1 Å². The van der Waals surface area contributed by atoms with Crippen molar-refractivity contribution in [3.63, 3.8) is 0 Å². The summed E-state index contributed by atoms with van der Waals surface area (Å²) in [6, 6.07) is 5.99. The lowest BCUT2D eigenvalue weighted by Gasteiger charge is -2.24. The summed E-state index contributed by atoms with van der Waals surface area (Å²) in [5.41, 5.74) is 3.40. The number of aryl methyl sites for hydroxylation is 2. The molecule has 2 N–H and O–H groups in total. The van der Waals surface area contributed by atoms with Crippen LogP contribution in [0.25, 0.3) is 0 Å². The van der Waals surface area contributed by atoms with Gasteiger partial charge in [0, 0.05) is 5.69 Å². The van der Waals surface area contributed by atoms with E-state index in [0.717, 1.165) is 37.8 Å². The smallest absolute Gasteiger partial charge is 0.310 e. The van der Waals surface area contributed by atoms with E-state index >= 15 is 0 Å². The lowest BCUT2D eigenvalue weighted by Crippen LogP contribution is -2.40. The fourth-order valence-corrected chi connectivity index (χ4v) is 4.20. The molecular formula is C17H19NO4. The number of hydrogen-bond donors (Lipinski definition) is 2. The van der Waals surface area contributed by atoms with E-state index < -0.39 is 17.8 Å². The van der Waals surface area contributed by atoms with Gasteiger partial charge < -0.3 is 15.2 Å². The molecule has 116 valence electrons. The second-order valence-corrected chi connectivity index (χ2v) is 6.51. The van der Waals surface area contributed by atoms with Crippen LogP contribution in [0, 0.1) is 11.8 Å². The molecule has 1 amide bonds. The highest BCUT2D eigenvalue weighted by Crippen LogP contribution is 2.44. The van der Waals surface area contributed by atoms with Crippen LogP contribution >= 0.6 is 0 Å². The number of carbonyl (C=O) groups excluding carboxylic acids is 1. The first-order valence-corrected chi connectivity index (χ1v) is 7.94. The van der Waals surface area contributed by atoms with Gasteiger partial charge in [0.2, 0.25) is 5.91 Å². The Labute approximate surface area is 128 Å². The molecule has 1 aromatic rings. The van der Waals surface area contributed by atoms with Crippen molar-refractivity contribution in [2.45, 2.75) is 44.3 Å². The third-order valence-electron chi connectivity index (χ3n) is 5.23. The van der Waals surface area contributed by atoms with Gasteiger partial charge >= 0.3 is 5.97 Å². The highest BCUT2D eigenvalue weighted by atomic mass is 16.5. The van der Waals surface area contributed by atoms with Crippen LogP contribution in [0.4, 0.5) is 5.69 Å². The van der Waals surface area contributed by atoms with Crippen LogP contribution in [-0.4, -0.2) is 29.2 Å². The van der Waals surface area contributed by atoms with Crippen LogP contribution in [0.2, 0.25) is 0 Å². The number of benzene rings is 1. The van der Waals surface area contributed by atoms with Crippen molar-refractivity contribution >= 4 is 17.6 Å². The van der Waals surface area contributed by atoms with E-state index in [9.17, 15) is 14.7 Å². The predicted molar refractivity (Wildman–Crippen MR) is 79.6 cm³/mol. The first kappa shape index (κ1) is 13.8. The lowest BCUT2D eigenvalue weighted by atomic mass is 9.78. The quantitative estimate of drug-likeness (QED) is 0.895. The molecule has 22 heavy (non-hydrogen) atoms. The zero-order valence-electron chi connectivity index (χ0n) is 12.2. The Balaban J connectivity index is 1.53. The number of hydrogen-bond acceptors (Lipinski definition) is 3. The zero-order chi connectivity index (χ0) is 15.3. The molecule has 5 heteroatoms. The molecule has 0 unspecified atom stereocenters. The molecule has 0 aromatic heterocycles. The van der Waals surface area contributed by atoms with Gasteiger partial charge in [-0.2, -0.15) is 0 Å². The molecule has 4 atom stereocenters. The summed E-state index contributed by atoms with van der Waals surface area (Å²) in [4.78, 5) is 24.0. The summed E-state index contributed by atoms with van der Waals surface area (Å²) in [7, 11) is 0. The van der Waals surface area contributed by atoms with Gasteiger partial charge in [-0.15, -0.1) is 0 Å². The van der Waals surface area contributed by atoms with Crippen molar-refractivity contribution < 1.29 is 19.4 Å². The summed E-state index contributed by atoms with van der Waals surface area (Å²) >= 11 is 0. The Bertz CT molecular complexity index is 642. The second-order valence-electron chi connectivity index (χ2n) is 6.51. The van der Waals surface area contributed by atoms with Gasteiger partial charge in [-0.05, 0) is 55.4 Å².